The minimum atomic E-state index is -3.73. The molecule has 146 valence electrons. The summed E-state index contributed by atoms with van der Waals surface area (Å²) >= 11 is 0. The first kappa shape index (κ1) is 20.0. The average molecular weight is 392 g/mol. The summed E-state index contributed by atoms with van der Waals surface area (Å²) in [6.45, 7) is 2.40. The zero-order valence-corrected chi connectivity index (χ0v) is 16.4. The van der Waals surface area contributed by atoms with Gasteiger partial charge in [0.2, 0.25) is 10.0 Å². The van der Waals surface area contributed by atoms with Gasteiger partial charge in [0, 0.05) is 19.7 Å². The lowest BCUT2D eigenvalue weighted by Gasteiger charge is -2.40. The molecular weight excluding hydrogens is 365 g/mol. The van der Waals surface area contributed by atoms with Crippen molar-refractivity contribution < 1.29 is 17.9 Å². The lowest BCUT2D eigenvalue weighted by molar-refractivity contribution is 0.0605. The van der Waals surface area contributed by atoms with Gasteiger partial charge in [-0.05, 0) is 61.3 Å². The largest absolute Gasteiger partial charge is 0.396 e. The molecule has 1 fully saturated rings. The maximum Gasteiger partial charge on any atom is 0.243 e. The van der Waals surface area contributed by atoms with E-state index < -0.39 is 15.8 Å². The van der Waals surface area contributed by atoms with Gasteiger partial charge in [0.25, 0.3) is 0 Å². The van der Waals surface area contributed by atoms with Gasteiger partial charge in [-0.3, -0.25) is 0 Å². The quantitative estimate of drug-likeness (QED) is 0.820. The van der Waals surface area contributed by atoms with E-state index >= 15 is 0 Å². The van der Waals surface area contributed by atoms with Crippen molar-refractivity contribution in [3.63, 3.8) is 0 Å². The van der Waals surface area contributed by atoms with Crippen LogP contribution in [0.3, 0.4) is 0 Å². The second kappa shape index (κ2) is 8.09. The highest BCUT2D eigenvalue weighted by molar-refractivity contribution is 7.89. The summed E-state index contributed by atoms with van der Waals surface area (Å²) in [5, 5.41) is 9.99. The monoisotopic (exact) mass is 391 g/mol. The van der Waals surface area contributed by atoms with Gasteiger partial charge >= 0.3 is 0 Å². The van der Waals surface area contributed by atoms with Gasteiger partial charge in [0.1, 0.15) is 5.82 Å². The third-order valence-electron chi connectivity index (χ3n) is 5.67. The number of benzene rings is 2. The lowest BCUT2D eigenvalue weighted by Crippen LogP contribution is -2.45. The zero-order chi connectivity index (χ0) is 19.5. The SMILES string of the molecule is Cc1ccc(F)cc1S(=O)(=O)N1CCC(CO)(CCc2ccccc2)CC1. The van der Waals surface area contributed by atoms with Gasteiger partial charge in [0.15, 0.2) is 0 Å². The standard InChI is InChI=1S/C21H26FNO3S/c1-17-7-8-19(22)15-20(17)27(25,26)23-13-11-21(16-24,12-14-23)10-9-18-5-3-2-4-6-18/h2-8,15,24H,9-14,16H2,1H3. The molecule has 1 aliphatic heterocycles. The molecule has 1 N–H and O–H groups in total. The topological polar surface area (TPSA) is 57.6 Å². The summed E-state index contributed by atoms with van der Waals surface area (Å²) < 4.78 is 40.9. The first-order chi connectivity index (χ1) is 12.9. The Balaban J connectivity index is 1.70. The van der Waals surface area contributed by atoms with E-state index in [0.29, 0.717) is 31.5 Å². The van der Waals surface area contributed by atoms with Gasteiger partial charge in [-0.25, -0.2) is 12.8 Å². The minimum Gasteiger partial charge on any atom is -0.396 e. The third-order valence-corrected chi connectivity index (χ3v) is 7.71. The number of halogens is 1. The Morgan fingerprint density at radius 1 is 1.11 bits per heavy atom. The predicted molar refractivity (Wildman–Crippen MR) is 103 cm³/mol. The van der Waals surface area contributed by atoms with Gasteiger partial charge in [-0.15, -0.1) is 0 Å². The Labute approximate surface area is 160 Å². The molecular formula is C21H26FNO3S. The predicted octanol–water partition coefficient (Wildman–Crippen LogP) is 3.53. The van der Waals surface area contributed by atoms with Crippen molar-refractivity contribution in [2.45, 2.75) is 37.5 Å². The fourth-order valence-electron chi connectivity index (χ4n) is 3.73. The van der Waals surface area contributed by atoms with Crippen LogP contribution >= 0.6 is 0 Å². The summed E-state index contributed by atoms with van der Waals surface area (Å²) in [6.07, 6.45) is 2.88. The number of nitrogens with zero attached hydrogens (tertiary/aromatic N) is 1. The highest BCUT2D eigenvalue weighted by Gasteiger charge is 2.38. The Hall–Kier alpha value is -1.76. The molecule has 0 amide bonds. The molecule has 1 heterocycles. The molecule has 0 spiro atoms. The molecule has 0 bridgehead atoms. The number of rotatable bonds is 6. The highest BCUT2D eigenvalue weighted by Crippen LogP contribution is 2.37. The second-order valence-electron chi connectivity index (χ2n) is 7.46. The zero-order valence-electron chi connectivity index (χ0n) is 15.6. The molecule has 2 aromatic carbocycles. The second-order valence-corrected chi connectivity index (χ2v) is 9.36. The van der Waals surface area contributed by atoms with Crippen LogP contribution in [0.15, 0.2) is 53.4 Å². The summed E-state index contributed by atoms with van der Waals surface area (Å²) in [5.41, 5.74) is 1.49. The van der Waals surface area contributed by atoms with Crippen LogP contribution in [0.2, 0.25) is 0 Å². The van der Waals surface area contributed by atoms with E-state index in [4.69, 9.17) is 0 Å². The fourth-order valence-corrected chi connectivity index (χ4v) is 5.41. The van der Waals surface area contributed by atoms with Crippen LogP contribution in [0.4, 0.5) is 4.39 Å². The number of piperidine rings is 1. The van der Waals surface area contributed by atoms with Crippen LogP contribution in [-0.4, -0.2) is 37.5 Å². The van der Waals surface area contributed by atoms with E-state index in [0.717, 1.165) is 18.9 Å². The Morgan fingerprint density at radius 3 is 2.41 bits per heavy atom. The van der Waals surface area contributed by atoms with Crippen LogP contribution in [0, 0.1) is 18.2 Å². The van der Waals surface area contributed by atoms with Crippen molar-refractivity contribution in [1.29, 1.82) is 0 Å². The molecule has 0 atom stereocenters. The van der Waals surface area contributed by atoms with Crippen molar-refractivity contribution in [3.05, 3.63) is 65.5 Å². The van der Waals surface area contributed by atoms with Crippen LogP contribution < -0.4 is 0 Å². The van der Waals surface area contributed by atoms with Crippen molar-refractivity contribution in [2.24, 2.45) is 5.41 Å². The molecule has 3 rings (SSSR count). The average Bonchev–Trinajstić information content (AvgIpc) is 2.69. The first-order valence-corrected chi connectivity index (χ1v) is 10.7. The van der Waals surface area contributed by atoms with Crippen LogP contribution in [0.25, 0.3) is 0 Å². The van der Waals surface area contributed by atoms with Gasteiger partial charge in [-0.1, -0.05) is 36.4 Å². The fraction of sp³-hybridized carbons (Fsp3) is 0.429. The molecule has 0 unspecified atom stereocenters. The van der Waals surface area contributed by atoms with Crippen molar-refractivity contribution >= 4 is 10.0 Å². The summed E-state index contributed by atoms with van der Waals surface area (Å²) in [6, 6.07) is 14.0. The van der Waals surface area contributed by atoms with Gasteiger partial charge < -0.3 is 5.11 Å². The number of hydrogen-bond donors (Lipinski definition) is 1. The Morgan fingerprint density at radius 2 is 1.78 bits per heavy atom. The molecule has 6 heteroatoms. The van der Waals surface area contributed by atoms with E-state index in [2.05, 4.69) is 12.1 Å². The molecule has 2 aromatic rings. The number of sulfonamides is 1. The minimum absolute atomic E-state index is 0.0308. The summed E-state index contributed by atoms with van der Waals surface area (Å²) in [7, 11) is -3.73. The smallest absolute Gasteiger partial charge is 0.243 e. The molecule has 27 heavy (non-hydrogen) atoms. The molecule has 4 nitrogen and oxygen atoms in total. The van der Waals surface area contributed by atoms with E-state index in [1.165, 1.54) is 22.0 Å². The third kappa shape index (κ3) is 4.39. The van der Waals surface area contributed by atoms with Crippen LogP contribution in [-0.2, 0) is 16.4 Å². The van der Waals surface area contributed by atoms with E-state index in [9.17, 15) is 17.9 Å². The summed E-state index contributed by atoms with van der Waals surface area (Å²) in [5.74, 6) is -0.552. The van der Waals surface area contributed by atoms with Gasteiger partial charge in [0.05, 0.1) is 4.90 Å². The number of hydrogen-bond acceptors (Lipinski definition) is 3. The Kier molecular flexibility index (Phi) is 5.99. The number of aliphatic hydroxyl groups is 1. The van der Waals surface area contributed by atoms with E-state index in [1.807, 2.05) is 18.2 Å². The maximum absolute atomic E-state index is 13.6. The molecule has 1 aliphatic rings. The van der Waals surface area contributed by atoms with Crippen molar-refractivity contribution in [1.82, 2.24) is 4.31 Å². The van der Waals surface area contributed by atoms with E-state index in [1.54, 1.807) is 6.92 Å². The van der Waals surface area contributed by atoms with Crippen molar-refractivity contribution in [3.8, 4) is 0 Å². The van der Waals surface area contributed by atoms with Gasteiger partial charge in [-0.2, -0.15) is 4.31 Å². The highest BCUT2D eigenvalue weighted by atomic mass is 32.2. The Bertz CT molecular complexity index is 876. The molecule has 0 aromatic heterocycles. The van der Waals surface area contributed by atoms with Crippen molar-refractivity contribution in [2.75, 3.05) is 19.7 Å². The number of aliphatic hydroxyl groups excluding tert-OH is 1. The summed E-state index contributed by atoms with van der Waals surface area (Å²) in [4.78, 5) is 0.0308. The molecule has 0 aliphatic carbocycles. The molecule has 1 saturated heterocycles. The first-order valence-electron chi connectivity index (χ1n) is 9.27. The number of aryl methyl sites for hydroxylation is 2. The normalized spacial score (nSPS) is 17.7. The van der Waals surface area contributed by atoms with Crippen LogP contribution in [0.5, 0.6) is 0 Å². The maximum atomic E-state index is 13.6. The molecule has 0 radical (unpaired) electrons. The van der Waals surface area contributed by atoms with E-state index in [-0.39, 0.29) is 16.9 Å². The lowest BCUT2D eigenvalue weighted by atomic mass is 9.75. The van der Waals surface area contributed by atoms with Crippen LogP contribution in [0.1, 0.15) is 30.4 Å². The molecule has 0 saturated carbocycles.